The molecule has 0 heterocycles. The molecular weight excluding hydrogens is 317 g/mol. The van der Waals surface area contributed by atoms with E-state index in [0.717, 1.165) is 5.56 Å². The molecule has 0 fully saturated rings. The number of nitrogens with two attached hydrogens (primary N) is 1. The van der Waals surface area contributed by atoms with E-state index in [1.807, 2.05) is 6.07 Å². The third kappa shape index (κ3) is 3.45. The van der Waals surface area contributed by atoms with E-state index in [1.54, 1.807) is 37.4 Å². The SMILES string of the molecule is COc1ccc(CS(=O)c2cc(Cl)ccc2Cl)cc1N. The maximum Gasteiger partial charge on any atom is 0.141 e. The van der Waals surface area contributed by atoms with E-state index in [4.69, 9.17) is 33.7 Å². The van der Waals surface area contributed by atoms with Gasteiger partial charge in [0.1, 0.15) is 5.75 Å². The van der Waals surface area contributed by atoms with Gasteiger partial charge < -0.3 is 10.5 Å². The third-order valence-corrected chi connectivity index (χ3v) is 4.83. The monoisotopic (exact) mass is 329 g/mol. The number of halogens is 2. The van der Waals surface area contributed by atoms with Gasteiger partial charge in [0, 0.05) is 5.02 Å². The molecule has 0 saturated carbocycles. The van der Waals surface area contributed by atoms with E-state index >= 15 is 0 Å². The molecule has 0 aromatic heterocycles. The molecule has 1 unspecified atom stereocenters. The maximum absolute atomic E-state index is 12.3. The molecule has 0 aliphatic rings. The summed E-state index contributed by atoms with van der Waals surface area (Å²) in [6.07, 6.45) is 0. The van der Waals surface area contributed by atoms with Crippen LogP contribution in [0.4, 0.5) is 5.69 Å². The molecule has 0 aliphatic carbocycles. The highest BCUT2D eigenvalue weighted by molar-refractivity contribution is 7.84. The summed E-state index contributed by atoms with van der Waals surface area (Å²) < 4.78 is 17.4. The van der Waals surface area contributed by atoms with Gasteiger partial charge in [0.05, 0.1) is 39.3 Å². The maximum atomic E-state index is 12.3. The van der Waals surface area contributed by atoms with Gasteiger partial charge in [-0.05, 0) is 35.9 Å². The molecule has 0 aliphatic heterocycles. The van der Waals surface area contributed by atoms with E-state index in [9.17, 15) is 4.21 Å². The molecule has 1 atom stereocenters. The fourth-order valence-corrected chi connectivity index (χ4v) is 3.55. The molecule has 0 spiro atoms. The van der Waals surface area contributed by atoms with Gasteiger partial charge in [0.2, 0.25) is 0 Å². The van der Waals surface area contributed by atoms with Crippen molar-refractivity contribution < 1.29 is 8.95 Å². The van der Waals surface area contributed by atoms with Crippen LogP contribution >= 0.6 is 23.2 Å². The summed E-state index contributed by atoms with van der Waals surface area (Å²) in [7, 11) is 0.265. The molecule has 2 aromatic carbocycles. The molecule has 0 bridgehead atoms. The van der Waals surface area contributed by atoms with Crippen molar-refractivity contribution in [1.82, 2.24) is 0 Å². The summed E-state index contributed by atoms with van der Waals surface area (Å²) in [5.74, 6) is 0.911. The van der Waals surface area contributed by atoms with Crippen molar-refractivity contribution in [3.8, 4) is 5.75 Å². The fraction of sp³-hybridized carbons (Fsp3) is 0.143. The van der Waals surface area contributed by atoms with Gasteiger partial charge in [-0.3, -0.25) is 4.21 Å². The second-order valence-corrected chi connectivity index (χ2v) is 6.40. The summed E-state index contributed by atoms with van der Waals surface area (Å²) in [6.45, 7) is 0. The van der Waals surface area contributed by atoms with Crippen molar-refractivity contribution >= 4 is 39.7 Å². The molecule has 2 N–H and O–H groups in total. The summed E-state index contributed by atoms with van der Waals surface area (Å²) in [6, 6.07) is 10.2. The van der Waals surface area contributed by atoms with E-state index in [0.29, 0.717) is 32.1 Å². The molecule has 106 valence electrons. The van der Waals surface area contributed by atoms with Crippen molar-refractivity contribution in [2.24, 2.45) is 0 Å². The number of benzene rings is 2. The van der Waals surface area contributed by atoms with Crippen LogP contribution in [0.25, 0.3) is 0 Å². The van der Waals surface area contributed by atoms with Crippen molar-refractivity contribution in [2.45, 2.75) is 10.6 Å². The third-order valence-electron chi connectivity index (χ3n) is 2.73. The van der Waals surface area contributed by atoms with Crippen LogP contribution in [0.5, 0.6) is 5.75 Å². The normalized spacial score (nSPS) is 12.2. The fourth-order valence-electron chi connectivity index (χ4n) is 1.75. The van der Waals surface area contributed by atoms with Crippen LogP contribution in [0.15, 0.2) is 41.3 Å². The average molecular weight is 330 g/mol. The van der Waals surface area contributed by atoms with Gasteiger partial charge in [0.15, 0.2) is 0 Å². The van der Waals surface area contributed by atoms with Gasteiger partial charge in [-0.2, -0.15) is 0 Å². The second-order valence-electron chi connectivity index (χ2n) is 4.14. The number of hydrogen-bond acceptors (Lipinski definition) is 3. The highest BCUT2D eigenvalue weighted by Crippen LogP contribution is 2.27. The minimum Gasteiger partial charge on any atom is -0.495 e. The lowest BCUT2D eigenvalue weighted by Crippen LogP contribution is -1.99. The Balaban J connectivity index is 2.23. The molecule has 20 heavy (non-hydrogen) atoms. The van der Waals surface area contributed by atoms with Crippen LogP contribution in [-0.4, -0.2) is 11.3 Å². The number of ether oxygens (including phenoxy) is 1. The number of nitrogen functional groups attached to an aromatic ring is 1. The summed E-state index contributed by atoms with van der Waals surface area (Å²) in [5.41, 5.74) is 7.19. The standard InChI is InChI=1S/C14H13Cl2NO2S/c1-19-13-5-2-9(6-12(13)17)8-20(18)14-7-10(15)3-4-11(14)16/h2-7H,8,17H2,1H3. The first-order valence-corrected chi connectivity index (χ1v) is 7.84. The summed E-state index contributed by atoms with van der Waals surface area (Å²) >= 11 is 11.9. The average Bonchev–Trinajstić information content (AvgIpc) is 2.41. The highest BCUT2D eigenvalue weighted by atomic mass is 35.5. The number of rotatable bonds is 4. The van der Waals surface area contributed by atoms with Crippen LogP contribution in [0.1, 0.15) is 5.56 Å². The van der Waals surface area contributed by atoms with Crippen molar-refractivity contribution in [1.29, 1.82) is 0 Å². The molecular formula is C14H13Cl2NO2S. The first-order valence-electron chi connectivity index (χ1n) is 5.77. The van der Waals surface area contributed by atoms with Crippen molar-refractivity contribution in [3.63, 3.8) is 0 Å². The lowest BCUT2D eigenvalue weighted by atomic mass is 10.2. The Morgan fingerprint density at radius 1 is 1.20 bits per heavy atom. The molecule has 0 amide bonds. The molecule has 2 aromatic rings. The Morgan fingerprint density at radius 2 is 1.95 bits per heavy atom. The van der Waals surface area contributed by atoms with Gasteiger partial charge >= 0.3 is 0 Å². The first kappa shape index (κ1) is 15.2. The Bertz CT molecular complexity index is 662. The Hall–Kier alpha value is -1.23. The predicted octanol–water partition coefficient (Wildman–Crippen LogP) is 3.89. The van der Waals surface area contributed by atoms with E-state index in [1.165, 1.54) is 0 Å². The lowest BCUT2D eigenvalue weighted by Gasteiger charge is -2.08. The molecule has 0 radical (unpaired) electrons. The van der Waals surface area contributed by atoms with Crippen molar-refractivity contribution in [2.75, 3.05) is 12.8 Å². The zero-order valence-corrected chi connectivity index (χ0v) is 13.1. The number of hydrogen-bond donors (Lipinski definition) is 1. The van der Waals surface area contributed by atoms with Crippen molar-refractivity contribution in [3.05, 3.63) is 52.0 Å². The zero-order valence-electron chi connectivity index (χ0n) is 10.7. The zero-order chi connectivity index (χ0) is 14.7. The quantitative estimate of drug-likeness (QED) is 0.865. The van der Waals surface area contributed by atoms with Crippen LogP contribution in [0.3, 0.4) is 0 Å². The van der Waals surface area contributed by atoms with E-state index in [2.05, 4.69) is 0 Å². The van der Waals surface area contributed by atoms with Gasteiger partial charge in [0.25, 0.3) is 0 Å². The Morgan fingerprint density at radius 3 is 2.60 bits per heavy atom. The molecule has 0 saturated heterocycles. The largest absolute Gasteiger partial charge is 0.495 e. The minimum absolute atomic E-state index is 0.314. The number of methoxy groups -OCH3 is 1. The number of anilines is 1. The van der Waals surface area contributed by atoms with Gasteiger partial charge in [-0.15, -0.1) is 0 Å². The Kier molecular flexibility index (Phi) is 4.91. The predicted molar refractivity (Wildman–Crippen MR) is 84.0 cm³/mol. The van der Waals surface area contributed by atoms with Gasteiger partial charge in [-0.25, -0.2) is 0 Å². The summed E-state index contributed by atoms with van der Waals surface area (Å²) in [4.78, 5) is 0.522. The Labute approximate surface area is 130 Å². The topological polar surface area (TPSA) is 52.3 Å². The molecule has 2 rings (SSSR count). The van der Waals surface area contributed by atoms with Gasteiger partial charge in [-0.1, -0.05) is 29.3 Å². The van der Waals surface area contributed by atoms with Crippen LogP contribution < -0.4 is 10.5 Å². The van der Waals surface area contributed by atoms with E-state index in [-0.39, 0.29) is 0 Å². The van der Waals surface area contributed by atoms with Crippen LogP contribution in [-0.2, 0) is 16.6 Å². The second kappa shape index (κ2) is 6.48. The smallest absolute Gasteiger partial charge is 0.141 e. The summed E-state index contributed by atoms with van der Waals surface area (Å²) in [5, 5.41) is 0.946. The molecule has 3 nitrogen and oxygen atoms in total. The highest BCUT2D eigenvalue weighted by Gasteiger charge is 2.11. The van der Waals surface area contributed by atoms with Crippen LogP contribution in [0, 0.1) is 0 Å². The van der Waals surface area contributed by atoms with E-state index < -0.39 is 10.8 Å². The lowest BCUT2D eigenvalue weighted by molar-refractivity contribution is 0.417. The minimum atomic E-state index is -1.29. The van der Waals surface area contributed by atoms with Crippen LogP contribution in [0.2, 0.25) is 10.0 Å². The molecule has 6 heteroatoms. The first-order chi connectivity index (χ1) is 9.51.